The average molecular weight is 329 g/mol. The van der Waals surface area contributed by atoms with Crippen LogP contribution in [0.5, 0.6) is 0 Å². The molecule has 6 N–H and O–H groups in total. The predicted octanol–water partition coefficient (Wildman–Crippen LogP) is -3.19. The Morgan fingerprint density at radius 3 is 0.500 bits per heavy atom. The molecule has 16 heteroatoms. The largest absolute Gasteiger partial charge is 3.00 e. The Labute approximate surface area is 110 Å². The molecule has 0 aromatic heterocycles. The van der Waals surface area contributed by atoms with E-state index in [-0.39, 0.29) is 49.1 Å². The summed E-state index contributed by atoms with van der Waals surface area (Å²) >= 11 is 0. The van der Waals surface area contributed by atoms with E-state index in [0.717, 1.165) is 0 Å². The molecule has 0 aliphatic carbocycles. The zero-order valence-electron chi connectivity index (χ0n) is 7.09. The molecule has 0 saturated heterocycles. The van der Waals surface area contributed by atoms with Crippen molar-refractivity contribution < 1.29 is 64.4 Å². The summed E-state index contributed by atoms with van der Waals surface area (Å²) in [4.78, 5) is 24.8. The zero-order chi connectivity index (χ0) is 10.7. The van der Waals surface area contributed by atoms with Crippen LogP contribution in [-0.2, 0) is 32.7 Å². The summed E-state index contributed by atoms with van der Waals surface area (Å²) < 4.78 is 0. The molecule has 0 aromatic rings. The van der Waals surface area contributed by atoms with Gasteiger partial charge in [-0.1, -0.05) is 0 Å². The minimum atomic E-state index is -1.75. The maximum Gasteiger partial charge on any atom is 3.00 e. The Morgan fingerprint density at radius 2 is 0.500 bits per heavy atom. The molecule has 0 saturated carbocycles. The third-order valence-corrected chi connectivity index (χ3v) is 0. The quantitative estimate of drug-likeness (QED) is 0.318. The van der Waals surface area contributed by atoms with E-state index in [1.807, 2.05) is 0 Å². The van der Waals surface area contributed by atoms with Gasteiger partial charge in [0.2, 0.25) is 0 Å². The van der Waals surface area contributed by atoms with Crippen LogP contribution < -0.4 is 0 Å². The molecule has 96 valence electrons. The van der Waals surface area contributed by atoms with Crippen molar-refractivity contribution in [3.63, 3.8) is 0 Å². The van der Waals surface area contributed by atoms with Gasteiger partial charge in [0.1, 0.15) is 0 Å². The Hall–Kier alpha value is -1.42. The minimum Gasteiger partial charge on any atom is -0.412 e. The van der Waals surface area contributed by atoms with E-state index in [4.69, 9.17) is 46.0 Å². The van der Waals surface area contributed by atoms with Gasteiger partial charge in [-0.3, -0.25) is 0 Å². The van der Waals surface area contributed by atoms with Crippen LogP contribution in [0.1, 0.15) is 0 Å². The number of hydrogen-bond donors (Lipinski definition) is 0. The molecule has 16 heavy (non-hydrogen) atoms. The number of rotatable bonds is 0. The maximum absolute atomic E-state index is 8.25. The number of nitrogens with zero attached hydrogens (tertiary/aromatic N) is 3. The van der Waals surface area contributed by atoms with Gasteiger partial charge in [0, 0.05) is 0 Å². The van der Waals surface area contributed by atoms with E-state index in [1.165, 1.54) is 0 Å². The average Bonchev–Trinajstić information content (AvgIpc) is 1.54. The molecule has 0 radical (unpaired) electrons. The molecular formula is H6N3O12Y. The van der Waals surface area contributed by atoms with Gasteiger partial charge in [0.05, 0.1) is 15.3 Å². The number of hydrogen-bond acceptors (Lipinski definition) is 9. The first-order valence-electron chi connectivity index (χ1n) is 1.64. The first-order valence-corrected chi connectivity index (χ1v) is 1.64. The van der Waals surface area contributed by atoms with Crippen molar-refractivity contribution in [3.8, 4) is 0 Å². The summed E-state index contributed by atoms with van der Waals surface area (Å²) in [6.07, 6.45) is 0. The van der Waals surface area contributed by atoms with E-state index >= 15 is 0 Å². The summed E-state index contributed by atoms with van der Waals surface area (Å²) in [5.41, 5.74) is 0. The summed E-state index contributed by atoms with van der Waals surface area (Å²) in [7, 11) is 0. The second-order valence-electron chi connectivity index (χ2n) is 0.671. The molecule has 0 heterocycles. The van der Waals surface area contributed by atoms with Gasteiger partial charge >= 0.3 is 32.7 Å². The van der Waals surface area contributed by atoms with Crippen molar-refractivity contribution in [2.75, 3.05) is 0 Å². The van der Waals surface area contributed by atoms with Gasteiger partial charge < -0.3 is 62.4 Å². The Kier molecular flexibility index (Phi) is 109. The molecule has 0 amide bonds. The van der Waals surface area contributed by atoms with Crippen molar-refractivity contribution >= 4 is 0 Å². The normalized spacial score (nSPS) is 4.50. The smallest absolute Gasteiger partial charge is 0.412 e. The molecule has 0 atom stereocenters. The predicted molar refractivity (Wildman–Crippen MR) is 41.9 cm³/mol. The molecule has 0 spiro atoms. The fourth-order valence-electron chi connectivity index (χ4n) is 0. The monoisotopic (exact) mass is 329 g/mol. The molecule has 0 unspecified atom stereocenters. The van der Waals surface area contributed by atoms with Crippen molar-refractivity contribution in [2.45, 2.75) is 0 Å². The van der Waals surface area contributed by atoms with Crippen molar-refractivity contribution in [2.24, 2.45) is 0 Å². The molecular weight excluding hydrogens is 323 g/mol. The SMILES string of the molecule is O.O.O.O=[N+]([O-])[O-].O=[N+]([O-])[O-].O=[N+]([O-])[O-].[Y+3]. The van der Waals surface area contributed by atoms with Gasteiger partial charge in [-0.2, -0.15) is 0 Å². The summed E-state index contributed by atoms with van der Waals surface area (Å²) in [5.74, 6) is 0. The van der Waals surface area contributed by atoms with Crippen LogP contribution in [0.3, 0.4) is 0 Å². The van der Waals surface area contributed by atoms with Crippen molar-refractivity contribution in [1.29, 1.82) is 0 Å². The first kappa shape index (κ1) is 46.8. The Morgan fingerprint density at radius 1 is 0.500 bits per heavy atom. The van der Waals surface area contributed by atoms with Gasteiger partial charge in [-0.25, -0.2) is 0 Å². The van der Waals surface area contributed by atoms with Gasteiger partial charge in [0.25, 0.3) is 0 Å². The molecule has 0 rings (SSSR count). The first-order chi connectivity index (χ1) is 5.20. The molecule has 0 aliphatic rings. The zero-order valence-corrected chi connectivity index (χ0v) is 9.93. The van der Waals surface area contributed by atoms with E-state index in [9.17, 15) is 0 Å². The third-order valence-electron chi connectivity index (χ3n) is 0. The summed E-state index contributed by atoms with van der Waals surface area (Å²) in [5, 5.41) is 44.2. The fraction of sp³-hybridized carbons (Fsp3) is 0. The van der Waals surface area contributed by atoms with Crippen LogP contribution >= 0.6 is 0 Å². The van der Waals surface area contributed by atoms with Crippen LogP contribution in [0.15, 0.2) is 0 Å². The van der Waals surface area contributed by atoms with Crippen LogP contribution in [0, 0.1) is 46.0 Å². The second kappa shape index (κ2) is 37.4. The molecule has 15 nitrogen and oxygen atoms in total. The summed E-state index contributed by atoms with van der Waals surface area (Å²) in [6, 6.07) is 0. The molecule has 0 fully saturated rings. The standard InChI is InChI=1S/3NO3.3H2O.Y/c3*2-1(3)4;;;;/h;;;3*1H2;/q3*-1;;;;+3. The third kappa shape index (κ3) is 842. The maximum atomic E-state index is 8.25. The Bertz CT molecular complexity index is 114. The Balaban J connectivity index is -0.0000000135. The van der Waals surface area contributed by atoms with E-state index in [2.05, 4.69) is 0 Å². The van der Waals surface area contributed by atoms with E-state index in [0.29, 0.717) is 0 Å². The van der Waals surface area contributed by atoms with Gasteiger partial charge in [-0.05, 0) is 0 Å². The topological polar surface area (TPSA) is 293 Å². The molecule has 0 aliphatic heterocycles. The van der Waals surface area contributed by atoms with Crippen molar-refractivity contribution in [3.05, 3.63) is 46.0 Å². The van der Waals surface area contributed by atoms with Crippen LogP contribution in [0.2, 0.25) is 0 Å². The second-order valence-corrected chi connectivity index (χ2v) is 0.671. The fourth-order valence-corrected chi connectivity index (χ4v) is 0. The van der Waals surface area contributed by atoms with Crippen LogP contribution in [0.4, 0.5) is 0 Å². The summed E-state index contributed by atoms with van der Waals surface area (Å²) in [6.45, 7) is 0. The minimum absolute atomic E-state index is 0. The van der Waals surface area contributed by atoms with Crippen LogP contribution in [0.25, 0.3) is 0 Å². The van der Waals surface area contributed by atoms with E-state index < -0.39 is 15.3 Å². The van der Waals surface area contributed by atoms with Gasteiger partial charge in [-0.15, -0.1) is 0 Å². The van der Waals surface area contributed by atoms with Gasteiger partial charge in [0.15, 0.2) is 0 Å². The van der Waals surface area contributed by atoms with E-state index in [1.54, 1.807) is 0 Å². The molecule has 0 bridgehead atoms. The van der Waals surface area contributed by atoms with Crippen LogP contribution in [-0.4, -0.2) is 31.7 Å². The van der Waals surface area contributed by atoms with Crippen molar-refractivity contribution in [1.82, 2.24) is 0 Å². The molecule has 0 aromatic carbocycles.